The van der Waals surface area contributed by atoms with Crippen LogP contribution in [-0.2, 0) is 11.3 Å². The molecule has 1 aromatic heterocycles. The van der Waals surface area contributed by atoms with E-state index >= 15 is 0 Å². The first-order chi connectivity index (χ1) is 14.9. The molecular weight excluding hydrogens is 437 g/mol. The molecule has 0 bridgehead atoms. The van der Waals surface area contributed by atoms with Gasteiger partial charge in [-0.05, 0) is 48.9 Å². The molecule has 0 fully saturated rings. The minimum atomic E-state index is -0.651. The second-order valence-electron chi connectivity index (χ2n) is 6.99. The molecule has 31 heavy (non-hydrogen) atoms. The number of anilines is 1. The third-order valence-electron chi connectivity index (χ3n) is 4.93. The predicted molar refractivity (Wildman–Crippen MR) is 124 cm³/mol. The molecule has 0 radical (unpaired) electrons. The van der Waals surface area contributed by atoms with Gasteiger partial charge in [-0.15, -0.1) is 0 Å². The second kappa shape index (κ2) is 8.41. The first-order valence-electron chi connectivity index (χ1n) is 9.42. The lowest BCUT2D eigenvalue weighted by atomic mass is 10.2. The standard InChI is InChI=1S/C23H17Cl2N3O3/c1-14-6-2-4-8-19(14)26-21(29)13-27-20-9-5-3-7-16(20)22(30)28(23(27)31)15-10-11-17(24)18(25)12-15/h2-12H,13H2,1H3,(H,26,29). The molecule has 0 atom stereocenters. The normalized spacial score (nSPS) is 10.9. The summed E-state index contributed by atoms with van der Waals surface area (Å²) in [7, 11) is 0. The summed E-state index contributed by atoms with van der Waals surface area (Å²) in [5, 5.41) is 3.63. The highest BCUT2D eigenvalue weighted by molar-refractivity contribution is 6.42. The van der Waals surface area contributed by atoms with E-state index in [9.17, 15) is 14.4 Å². The molecule has 0 saturated carbocycles. The minimum absolute atomic E-state index is 0.211. The Labute approximate surface area is 187 Å². The number of benzene rings is 3. The minimum Gasteiger partial charge on any atom is -0.324 e. The van der Waals surface area contributed by atoms with Crippen LogP contribution in [0.15, 0.2) is 76.3 Å². The SMILES string of the molecule is Cc1ccccc1NC(=O)Cn1c(=O)n(-c2ccc(Cl)c(Cl)c2)c(=O)c2ccccc21. The number of amides is 1. The van der Waals surface area contributed by atoms with E-state index in [1.165, 1.54) is 22.8 Å². The van der Waals surface area contributed by atoms with Crippen LogP contribution in [0.2, 0.25) is 10.0 Å². The zero-order chi connectivity index (χ0) is 22.1. The molecule has 8 heteroatoms. The van der Waals surface area contributed by atoms with Crippen LogP contribution in [0.3, 0.4) is 0 Å². The van der Waals surface area contributed by atoms with E-state index in [0.29, 0.717) is 21.6 Å². The van der Waals surface area contributed by atoms with Gasteiger partial charge in [0.25, 0.3) is 5.56 Å². The van der Waals surface area contributed by atoms with Crippen molar-refractivity contribution < 1.29 is 4.79 Å². The van der Waals surface area contributed by atoms with Crippen molar-refractivity contribution in [2.75, 3.05) is 5.32 Å². The molecule has 6 nitrogen and oxygen atoms in total. The van der Waals surface area contributed by atoms with Gasteiger partial charge in [-0.2, -0.15) is 0 Å². The number of carbonyl (C=O) groups is 1. The van der Waals surface area contributed by atoms with Crippen LogP contribution in [0.1, 0.15) is 5.56 Å². The molecule has 0 spiro atoms. The van der Waals surface area contributed by atoms with Gasteiger partial charge in [0.15, 0.2) is 0 Å². The average molecular weight is 454 g/mol. The van der Waals surface area contributed by atoms with Gasteiger partial charge in [0.05, 0.1) is 26.6 Å². The largest absolute Gasteiger partial charge is 0.336 e. The Morgan fingerprint density at radius 3 is 2.39 bits per heavy atom. The molecule has 4 rings (SSSR count). The zero-order valence-electron chi connectivity index (χ0n) is 16.4. The van der Waals surface area contributed by atoms with Crippen LogP contribution in [0.5, 0.6) is 0 Å². The molecule has 156 valence electrons. The van der Waals surface area contributed by atoms with E-state index in [0.717, 1.165) is 10.1 Å². The van der Waals surface area contributed by atoms with Crippen molar-refractivity contribution >= 4 is 45.7 Å². The maximum absolute atomic E-state index is 13.3. The summed E-state index contributed by atoms with van der Waals surface area (Å²) < 4.78 is 2.26. The number of nitrogens with one attached hydrogen (secondary N) is 1. The number of halogens is 2. The average Bonchev–Trinajstić information content (AvgIpc) is 2.75. The first kappa shape index (κ1) is 20.9. The Morgan fingerprint density at radius 1 is 0.935 bits per heavy atom. The van der Waals surface area contributed by atoms with Crippen molar-refractivity contribution in [2.45, 2.75) is 13.5 Å². The molecule has 1 heterocycles. The third-order valence-corrected chi connectivity index (χ3v) is 5.67. The van der Waals surface area contributed by atoms with Gasteiger partial charge in [-0.25, -0.2) is 9.36 Å². The fraction of sp³-hybridized carbons (Fsp3) is 0.0870. The van der Waals surface area contributed by atoms with E-state index in [-0.39, 0.29) is 23.2 Å². The molecule has 0 unspecified atom stereocenters. The van der Waals surface area contributed by atoms with E-state index in [2.05, 4.69) is 5.32 Å². The van der Waals surface area contributed by atoms with Gasteiger partial charge in [0.2, 0.25) is 5.91 Å². The molecule has 0 aliphatic carbocycles. The molecule has 4 aromatic rings. The number of carbonyl (C=O) groups excluding carboxylic acids is 1. The number of aromatic nitrogens is 2. The maximum Gasteiger partial charge on any atom is 0.336 e. The van der Waals surface area contributed by atoms with Crippen molar-refractivity contribution in [2.24, 2.45) is 0 Å². The lowest BCUT2D eigenvalue weighted by molar-refractivity contribution is -0.116. The van der Waals surface area contributed by atoms with E-state index in [1.807, 2.05) is 25.1 Å². The molecule has 1 N–H and O–H groups in total. The Bertz CT molecular complexity index is 1440. The third kappa shape index (κ3) is 4.00. The summed E-state index contributed by atoms with van der Waals surface area (Å²) in [6, 6.07) is 18.5. The Hall–Kier alpha value is -3.35. The smallest absolute Gasteiger partial charge is 0.324 e. The van der Waals surface area contributed by atoms with Gasteiger partial charge in [0.1, 0.15) is 6.54 Å². The van der Waals surface area contributed by atoms with E-state index in [4.69, 9.17) is 23.2 Å². The Balaban J connectivity index is 1.86. The highest BCUT2D eigenvalue weighted by Crippen LogP contribution is 2.23. The summed E-state index contributed by atoms with van der Waals surface area (Å²) in [5.74, 6) is -0.388. The van der Waals surface area contributed by atoms with Gasteiger partial charge >= 0.3 is 5.69 Å². The van der Waals surface area contributed by atoms with Crippen molar-refractivity contribution in [3.05, 3.63) is 103 Å². The van der Waals surface area contributed by atoms with E-state index in [1.54, 1.807) is 30.3 Å². The van der Waals surface area contributed by atoms with Crippen molar-refractivity contribution in [3.8, 4) is 5.69 Å². The summed E-state index contributed by atoms with van der Waals surface area (Å²) in [6.07, 6.45) is 0. The summed E-state index contributed by atoms with van der Waals surface area (Å²) >= 11 is 12.1. The Kier molecular flexibility index (Phi) is 5.67. The van der Waals surface area contributed by atoms with Gasteiger partial charge in [0, 0.05) is 5.69 Å². The van der Waals surface area contributed by atoms with Crippen LogP contribution in [-0.4, -0.2) is 15.0 Å². The van der Waals surface area contributed by atoms with Crippen molar-refractivity contribution in [3.63, 3.8) is 0 Å². The highest BCUT2D eigenvalue weighted by Gasteiger charge is 2.17. The molecular formula is C23H17Cl2N3O3. The molecule has 0 aliphatic heterocycles. The van der Waals surface area contributed by atoms with Gasteiger partial charge in [-0.1, -0.05) is 53.5 Å². The monoisotopic (exact) mass is 453 g/mol. The lowest BCUT2D eigenvalue weighted by Crippen LogP contribution is -2.40. The molecule has 0 saturated heterocycles. The predicted octanol–water partition coefficient (Wildman–Crippen LogP) is 4.41. The topological polar surface area (TPSA) is 73.1 Å². The van der Waals surface area contributed by atoms with Crippen LogP contribution in [0.25, 0.3) is 16.6 Å². The fourth-order valence-electron chi connectivity index (χ4n) is 3.37. The summed E-state index contributed by atoms with van der Waals surface area (Å²) in [4.78, 5) is 39.2. The van der Waals surface area contributed by atoms with Crippen LogP contribution in [0.4, 0.5) is 5.69 Å². The van der Waals surface area contributed by atoms with E-state index < -0.39 is 11.2 Å². The fourth-order valence-corrected chi connectivity index (χ4v) is 3.66. The number of fused-ring (bicyclic) bond motifs is 1. The number of hydrogen-bond acceptors (Lipinski definition) is 3. The number of aryl methyl sites for hydroxylation is 1. The zero-order valence-corrected chi connectivity index (χ0v) is 17.9. The lowest BCUT2D eigenvalue weighted by Gasteiger charge is -2.15. The number of nitrogens with zero attached hydrogens (tertiary/aromatic N) is 2. The summed E-state index contributed by atoms with van der Waals surface area (Å²) in [5.41, 5.74) is 1.03. The molecule has 1 amide bonds. The van der Waals surface area contributed by atoms with Crippen LogP contribution < -0.4 is 16.6 Å². The number of rotatable bonds is 4. The quantitative estimate of drug-likeness (QED) is 0.497. The molecule has 0 aliphatic rings. The molecule has 3 aromatic carbocycles. The second-order valence-corrected chi connectivity index (χ2v) is 7.80. The summed E-state index contributed by atoms with van der Waals surface area (Å²) in [6.45, 7) is 1.61. The van der Waals surface area contributed by atoms with Crippen LogP contribution in [0, 0.1) is 6.92 Å². The van der Waals surface area contributed by atoms with Gasteiger partial charge in [-0.3, -0.25) is 14.2 Å². The number of hydrogen-bond donors (Lipinski definition) is 1. The Morgan fingerprint density at radius 2 is 1.65 bits per heavy atom. The van der Waals surface area contributed by atoms with Crippen molar-refractivity contribution in [1.29, 1.82) is 0 Å². The highest BCUT2D eigenvalue weighted by atomic mass is 35.5. The van der Waals surface area contributed by atoms with Crippen LogP contribution >= 0.6 is 23.2 Å². The van der Waals surface area contributed by atoms with Gasteiger partial charge < -0.3 is 5.32 Å². The van der Waals surface area contributed by atoms with Crippen molar-refractivity contribution in [1.82, 2.24) is 9.13 Å². The number of para-hydroxylation sites is 2. The maximum atomic E-state index is 13.3. The first-order valence-corrected chi connectivity index (χ1v) is 10.2.